The summed E-state index contributed by atoms with van der Waals surface area (Å²) in [5.74, 6) is -5.60. The van der Waals surface area contributed by atoms with Crippen molar-refractivity contribution in [1.29, 1.82) is 0 Å². The highest BCUT2D eigenvalue weighted by Crippen LogP contribution is 2.15. The molecule has 8 atom stereocenters. The molecule has 186 valence electrons. The van der Waals surface area contributed by atoms with Crippen molar-refractivity contribution in [3.05, 3.63) is 11.6 Å². The Labute approximate surface area is 178 Å². The van der Waals surface area contributed by atoms with Gasteiger partial charge in [0.2, 0.25) is 0 Å². The first-order valence-corrected chi connectivity index (χ1v) is 8.49. The first-order chi connectivity index (χ1) is 14.8. The van der Waals surface area contributed by atoms with Crippen molar-refractivity contribution in [3.8, 4) is 0 Å². The predicted molar refractivity (Wildman–Crippen MR) is 91.2 cm³/mol. The molecular formula is C15H24O17. The summed E-state index contributed by atoms with van der Waals surface area (Å²) in [6.45, 7) is -2.13. The topological polar surface area (TPSA) is 301 Å². The number of carbonyl (C=O) groups excluding carboxylic acids is 3. The minimum Gasteiger partial charge on any atom is -0.394 e. The second-order valence-electron chi connectivity index (χ2n) is 6.14. The van der Waals surface area contributed by atoms with E-state index >= 15 is 0 Å². The summed E-state index contributed by atoms with van der Waals surface area (Å²) in [6, 6.07) is 0. The van der Waals surface area contributed by atoms with Crippen LogP contribution in [0, 0.1) is 0 Å². The zero-order valence-corrected chi connectivity index (χ0v) is 16.0. The maximum Gasteiger partial charge on any atom is 0.386 e. The van der Waals surface area contributed by atoms with Gasteiger partial charge in [0.25, 0.3) is 0 Å². The van der Waals surface area contributed by atoms with Gasteiger partial charge in [-0.15, -0.1) is 0 Å². The van der Waals surface area contributed by atoms with Crippen LogP contribution in [0.25, 0.3) is 0 Å². The van der Waals surface area contributed by atoms with E-state index in [1.807, 2.05) is 0 Å². The molecule has 0 aromatic heterocycles. The fraction of sp³-hybridized carbons (Fsp3) is 0.667. The van der Waals surface area contributed by atoms with E-state index < -0.39 is 85.5 Å². The highest BCUT2D eigenvalue weighted by molar-refractivity contribution is 5.97. The third kappa shape index (κ3) is 8.33. The molecule has 0 spiro atoms. The largest absolute Gasteiger partial charge is 0.394 e. The maximum atomic E-state index is 11.7. The van der Waals surface area contributed by atoms with Crippen LogP contribution < -0.4 is 0 Å². The third-order valence-corrected chi connectivity index (χ3v) is 3.87. The van der Waals surface area contributed by atoms with Gasteiger partial charge in [-0.05, 0) is 0 Å². The third-order valence-electron chi connectivity index (χ3n) is 3.87. The molecule has 0 bridgehead atoms. The van der Waals surface area contributed by atoms with E-state index in [1.54, 1.807) is 0 Å². The number of hydrogen-bond acceptors (Lipinski definition) is 17. The molecule has 17 nitrogen and oxygen atoms in total. The first-order valence-electron chi connectivity index (χ1n) is 8.49. The van der Waals surface area contributed by atoms with E-state index in [4.69, 9.17) is 20.6 Å². The Hall–Kier alpha value is -2.29. The molecule has 5 unspecified atom stereocenters. The summed E-state index contributed by atoms with van der Waals surface area (Å²) in [4.78, 5) is 45.7. The first kappa shape index (κ1) is 29.7. The molecular weight excluding hydrogens is 452 g/mol. The Kier molecular flexibility index (Phi) is 13.0. The summed E-state index contributed by atoms with van der Waals surface area (Å²) in [5, 5.41) is 102. The summed E-state index contributed by atoms with van der Waals surface area (Å²) in [6.07, 6.45) is -18.4. The summed E-state index contributed by atoms with van der Waals surface area (Å²) in [5.41, 5.74) is -1.30. The molecule has 0 aliphatic heterocycles. The van der Waals surface area contributed by atoms with Gasteiger partial charge in [0, 0.05) is 6.08 Å². The molecule has 0 saturated carbocycles. The van der Waals surface area contributed by atoms with Gasteiger partial charge in [0.05, 0.1) is 18.8 Å². The zero-order chi connectivity index (χ0) is 25.2. The van der Waals surface area contributed by atoms with Gasteiger partial charge in [0.1, 0.15) is 42.7 Å². The monoisotopic (exact) mass is 476 g/mol. The summed E-state index contributed by atoms with van der Waals surface area (Å²) < 4.78 is 0. The lowest BCUT2D eigenvalue weighted by molar-refractivity contribution is -0.265. The quantitative estimate of drug-likeness (QED) is 0.0707. The van der Waals surface area contributed by atoms with Gasteiger partial charge >= 0.3 is 17.9 Å². The van der Waals surface area contributed by atoms with Crippen LogP contribution in [0.1, 0.15) is 0 Å². The second kappa shape index (κ2) is 14.0. The van der Waals surface area contributed by atoms with Gasteiger partial charge in [-0.2, -0.15) is 5.26 Å². The van der Waals surface area contributed by atoms with Crippen molar-refractivity contribution < 1.29 is 85.4 Å². The molecule has 0 saturated heterocycles. The van der Waals surface area contributed by atoms with E-state index in [0.717, 1.165) is 0 Å². The number of aliphatic hydroxyl groups is 10. The molecule has 0 fully saturated rings. The standard InChI is InChI=1S/C15H24O17/c16-2-5(18)9(22)11(24)8(21)4(14(27)30-29)1-7(20)31-32-15(28)13(26)12(25)10(23)6(19)3-17/h1,5-6,8-13,16-19,21-26,29H,2-3H2/b4-1-/t5-,6?,8?,9-,10?,11+,12?,13?/m1/s1. The molecule has 0 aromatic carbocycles. The number of rotatable bonds is 12. The van der Waals surface area contributed by atoms with E-state index in [0.29, 0.717) is 0 Å². The van der Waals surface area contributed by atoms with E-state index in [2.05, 4.69) is 14.7 Å². The van der Waals surface area contributed by atoms with Crippen molar-refractivity contribution in [1.82, 2.24) is 0 Å². The normalized spacial score (nSPS) is 19.5. The predicted octanol–water partition coefficient (Wildman–Crippen LogP) is -7.20. The van der Waals surface area contributed by atoms with Crippen molar-refractivity contribution >= 4 is 17.9 Å². The fourth-order valence-electron chi connectivity index (χ4n) is 1.97. The molecule has 0 aliphatic rings. The maximum absolute atomic E-state index is 11.7. The van der Waals surface area contributed by atoms with Gasteiger partial charge in [-0.1, -0.05) is 0 Å². The second-order valence-corrected chi connectivity index (χ2v) is 6.14. The summed E-state index contributed by atoms with van der Waals surface area (Å²) >= 11 is 0. The minimum atomic E-state index is -2.60. The molecule has 0 radical (unpaired) electrons. The SMILES string of the molecule is O=C(/C=C(\C(=O)OO)C(O)[C@H](O)[C@H](O)[C@H](O)CO)OOC(=O)C(O)C(O)C(O)C(O)CO. The average molecular weight is 476 g/mol. The molecule has 0 amide bonds. The van der Waals surface area contributed by atoms with Crippen LogP contribution in [0.2, 0.25) is 0 Å². The van der Waals surface area contributed by atoms with Crippen molar-refractivity contribution in [3.63, 3.8) is 0 Å². The Morgan fingerprint density at radius 2 is 1.12 bits per heavy atom. The van der Waals surface area contributed by atoms with E-state index in [-0.39, 0.29) is 6.08 Å². The van der Waals surface area contributed by atoms with Gasteiger partial charge in [0.15, 0.2) is 6.10 Å². The van der Waals surface area contributed by atoms with E-state index in [1.165, 1.54) is 0 Å². The van der Waals surface area contributed by atoms with Crippen molar-refractivity contribution in [2.75, 3.05) is 13.2 Å². The lowest BCUT2D eigenvalue weighted by atomic mass is 9.97. The Morgan fingerprint density at radius 1 is 0.688 bits per heavy atom. The molecule has 0 rings (SSSR count). The van der Waals surface area contributed by atoms with Crippen LogP contribution >= 0.6 is 0 Å². The van der Waals surface area contributed by atoms with Crippen LogP contribution in [-0.2, 0) is 29.0 Å². The minimum absolute atomic E-state index is 0.00899. The van der Waals surface area contributed by atoms with Crippen LogP contribution in [0.5, 0.6) is 0 Å². The lowest BCUT2D eigenvalue weighted by Crippen LogP contribution is -2.49. The molecule has 0 heterocycles. The number of hydrogen-bond donors (Lipinski definition) is 11. The molecule has 32 heavy (non-hydrogen) atoms. The smallest absolute Gasteiger partial charge is 0.386 e. The number of carbonyl (C=O) groups is 3. The molecule has 17 heteroatoms. The van der Waals surface area contributed by atoms with Crippen LogP contribution in [0.3, 0.4) is 0 Å². The van der Waals surface area contributed by atoms with Crippen LogP contribution in [0.15, 0.2) is 11.6 Å². The van der Waals surface area contributed by atoms with Crippen LogP contribution in [-0.4, -0.2) is 136 Å². The lowest BCUT2D eigenvalue weighted by Gasteiger charge is -2.25. The Bertz CT molecular complexity index is 650. The van der Waals surface area contributed by atoms with Gasteiger partial charge in [-0.25, -0.2) is 24.2 Å². The fourth-order valence-corrected chi connectivity index (χ4v) is 1.97. The van der Waals surface area contributed by atoms with Crippen LogP contribution in [0.4, 0.5) is 0 Å². The molecule has 0 aromatic rings. The zero-order valence-electron chi connectivity index (χ0n) is 16.0. The number of aliphatic hydroxyl groups excluding tert-OH is 10. The highest BCUT2D eigenvalue weighted by atomic mass is 17.2. The molecule has 11 N–H and O–H groups in total. The highest BCUT2D eigenvalue weighted by Gasteiger charge is 2.37. The van der Waals surface area contributed by atoms with E-state index in [9.17, 15) is 50.1 Å². The Morgan fingerprint density at radius 3 is 1.53 bits per heavy atom. The summed E-state index contributed by atoms with van der Waals surface area (Å²) in [7, 11) is 0. The average Bonchev–Trinajstić information content (AvgIpc) is 2.80. The van der Waals surface area contributed by atoms with Gasteiger partial charge in [-0.3, -0.25) is 4.89 Å². The van der Waals surface area contributed by atoms with Crippen molar-refractivity contribution in [2.45, 2.75) is 48.8 Å². The van der Waals surface area contributed by atoms with Gasteiger partial charge < -0.3 is 51.1 Å². The molecule has 0 aliphatic carbocycles. The Balaban J connectivity index is 5.28. The van der Waals surface area contributed by atoms with Crippen molar-refractivity contribution in [2.24, 2.45) is 0 Å².